The van der Waals surface area contributed by atoms with Gasteiger partial charge in [0.15, 0.2) is 5.96 Å². The molecule has 0 radical (unpaired) electrons. The SMILES string of the molecule is CN=C(NCCNC(=O)C(C)(C)C)NC1CC=CC1.I. The van der Waals surface area contributed by atoms with Crippen LogP contribution in [0.3, 0.4) is 0 Å². The van der Waals surface area contributed by atoms with Crippen molar-refractivity contribution in [2.24, 2.45) is 10.4 Å². The first kappa shape index (κ1) is 19.2. The van der Waals surface area contributed by atoms with Gasteiger partial charge in [0.05, 0.1) is 0 Å². The van der Waals surface area contributed by atoms with Crippen LogP contribution >= 0.6 is 24.0 Å². The molecule has 0 atom stereocenters. The van der Waals surface area contributed by atoms with Crippen molar-refractivity contribution in [2.75, 3.05) is 20.1 Å². The number of rotatable bonds is 4. The summed E-state index contributed by atoms with van der Waals surface area (Å²) in [6, 6.07) is 0.440. The summed E-state index contributed by atoms with van der Waals surface area (Å²) in [5, 5.41) is 9.45. The Hall–Kier alpha value is -0.790. The van der Waals surface area contributed by atoms with Crippen LogP contribution in [0, 0.1) is 5.41 Å². The van der Waals surface area contributed by atoms with Crippen molar-refractivity contribution in [3.63, 3.8) is 0 Å². The van der Waals surface area contributed by atoms with Crippen LogP contribution in [0.2, 0.25) is 0 Å². The molecule has 0 unspecified atom stereocenters. The zero-order valence-electron chi connectivity index (χ0n) is 12.8. The largest absolute Gasteiger partial charge is 0.355 e. The fourth-order valence-corrected chi connectivity index (χ4v) is 1.75. The van der Waals surface area contributed by atoms with E-state index in [2.05, 4.69) is 33.1 Å². The molecule has 0 saturated carbocycles. The number of carbonyl (C=O) groups is 1. The molecule has 0 aromatic carbocycles. The van der Waals surface area contributed by atoms with Crippen molar-refractivity contribution in [3.05, 3.63) is 12.2 Å². The molecular weight excluding hydrogens is 367 g/mol. The first-order chi connectivity index (χ1) is 8.93. The predicted molar refractivity (Wildman–Crippen MR) is 94.5 cm³/mol. The van der Waals surface area contributed by atoms with Gasteiger partial charge in [-0.15, -0.1) is 24.0 Å². The van der Waals surface area contributed by atoms with E-state index in [4.69, 9.17) is 0 Å². The maximum Gasteiger partial charge on any atom is 0.225 e. The molecule has 20 heavy (non-hydrogen) atoms. The average molecular weight is 394 g/mol. The number of nitrogens with zero attached hydrogens (tertiary/aromatic N) is 1. The summed E-state index contributed by atoms with van der Waals surface area (Å²) in [6.07, 6.45) is 6.44. The van der Waals surface area contributed by atoms with Crippen molar-refractivity contribution >= 4 is 35.8 Å². The third-order valence-electron chi connectivity index (χ3n) is 2.96. The summed E-state index contributed by atoms with van der Waals surface area (Å²) < 4.78 is 0. The first-order valence-corrected chi connectivity index (χ1v) is 6.84. The number of amides is 1. The van der Waals surface area contributed by atoms with Gasteiger partial charge in [-0.05, 0) is 12.8 Å². The topological polar surface area (TPSA) is 65.5 Å². The molecule has 1 aliphatic rings. The highest BCUT2D eigenvalue weighted by Gasteiger charge is 2.20. The molecule has 1 amide bonds. The number of nitrogens with one attached hydrogen (secondary N) is 3. The van der Waals surface area contributed by atoms with Crippen LogP contribution < -0.4 is 16.0 Å². The second-order valence-corrected chi connectivity index (χ2v) is 5.79. The molecule has 0 spiro atoms. The minimum Gasteiger partial charge on any atom is -0.355 e. The number of carbonyl (C=O) groups excluding carboxylic acids is 1. The van der Waals surface area contributed by atoms with Crippen LogP contribution in [0.15, 0.2) is 17.1 Å². The molecule has 0 aromatic rings. The van der Waals surface area contributed by atoms with E-state index < -0.39 is 0 Å². The maximum absolute atomic E-state index is 11.7. The molecule has 116 valence electrons. The van der Waals surface area contributed by atoms with E-state index in [-0.39, 0.29) is 35.3 Å². The van der Waals surface area contributed by atoms with Crippen molar-refractivity contribution in [1.82, 2.24) is 16.0 Å². The van der Waals surface area contributed by atoms with Gasteiger partial charge in [0, 0.05) is 31.6 Å². The molecule has 5 nitrogen and oxygen atoms in total. The van der Waals surface area contributed by atoms with Gasteiger partial charge >= 0.3 is 0 Å². The second-order valence-electron chi connectivity index (χ2n) is 5.79. The zero-order chi connectivity index (χ0) is 14.3. The Bertz CT molecular complexity index is 353. The lowest BCUT2D eigenvalue weighted by Crippen LogP contribution is -2.46. The number of hydrogen-bond donors (Lipinski definition) is 3. The second kappa shape index (κ2) is 9.20. The van der Waals surface area contributed by atoms with Crippen LogP contribution in [0.5, 0.6) is 0 Å². The monoisotopic (exact) mass is 394 g/mol. The molecule has 6 heteroatoms. The summed E-state index contributed by atoms with van der Waals surface area (Å²) in [5.41, 5.74) is -0.338. The summed E-state index contributed by atoms with van der Waals surface area (Å²) in [7, 11) is 1.76. The number of aliphatic imine (C=N–C) groups is 1. The molecule has 1 rings (SSSR count). The highest BCUT2D eigenvalue weighted by Crippen LogP contribution is 2.11. The molecule has 1 aliphatic carbocycles. The summed E-state index contributed by atoms with van der Waals surface area (Å²) in [5.74, 6) is 0.857. The van der Waals surface area contributed by atoms with Gasteiger partial charge in [-0.3, -0.25) is 9.79 Å². The van der Waals surface area contributed by atoms with Gasteiger partial charge in [0.1, 0.15) is 0 Å². The smallest absolute Gasteiger partial charge is 0.225 e. The molecule has 0 aliphatic heterocycles. The number of halogens is 1. The van der Waals surface area contributed by atoms with Crippen LogP contribution in [-0.2, 0) is 4.79 Å². The van der Waals surface area contributed by atoms with E-state index in [1.165, 1.54) is 0 Å². The predicted octanol–water partition coefficient (Wildman–Crippen LogP) is 1.65. The van der Waals surface area contributed by atoms with Crippen molar-refractivity contribution in [1.29, 1.82) is 0 Å². The molecular formula is C14H27IN4O. The van der Waals surface area contributed by atoms with E-state index in [9.17, 15) is 4.79 Å². The van der Waals surface area contributed by atoms with Crippen LogP contribution in [0.25, 0.3) is 0 Å². The van der Waals surface area contributed by atoms with E-state index in [1.807, 2.05) is 20.8 Å². The lowest BCUT2D eigenvalue weighted by atomic mass is 9.96. The molecule has 0 bridgehead atoms. The minimum atomic E-state index is -0.338. The lowest BCUT2D eigenvalue weighted by Gasteiger charge is -2.19. The van der Waals surface area contributed by atoms with Crippen molar-refractivity contribution in [3.8, 4) is 0 Å². The Morgan fingerprint density at radius 1 is 1.20 bits per heavy atom. The number of guanidine groups is 1. The average Bonchev–Trinajstić information content (AvgIpc) is 2.84. The van der Waals surface area contributed by atoms with Crippen molar-refractivity contribution < 1.29 is 4.79 Å². The molecule has 0 fully saturated rings. The van der Waals surface area contributed by atoms with Gasteiger partial charge < -0.3 is 16.0 Å². The maximum atomic E-state index is 11.7. The Morgan fingerprint density at radius 2 is 1.75 bits per heavy atom. The molecule has 0 aromatic heterocycles. The van der Waals surface area contributed by atoms with Gasteiger partial charge in [-0.25, -0.2) is 0 Å². The standard InChI is InChI=1S/C14H26N4O.HI/c1-14(2,3)12(19)16-9-10-17-13(15-4)18-11-7-5-6-8-11;/h5-6,11H,7-10H2,1-4H3,(H,16,19)(H2,15,17,18);1H. The van der Waals surface area contributed by atoms with E-state index in [0.717, 1.165) is 18.8 Å². The van der Waals surface area contributed by atoms with Crippen LogP contribution in [0.4, 0.5) is 0 Å². The Balaban J connectivity index is 0.00000361. The fraction of sp³-hybridized carbons (Fsp3) is 0.714. The number of hydrogen-bond acceptors (Lipinski definition) is 2. The Labute approximate surface area is 139 Å². The minimum absolute atomic E-state index is 0. The first-order valence-electron chi connectivity index (χ1n) is 6.84. The van der Waals surface area contributed by atoms with E-state index in [1.54, 1.807) is 7.05 Å². The van der Waals surface area contributed by atoms with Gasteiger partial charge in [-0.2, -0.15) is 0 Å². The molecule has 0 heterocycles. The Morgan fingerprint density at radius 3 is 2.25 bits per heavy atom. The third kappa shape index (κ3) is 7.12. The van der Waals surface area contributed by atoms with Gasteiger partial charge in [-0.1, -0.05) is 32.9 Å². The zero-order valence-corrected chi connectivity index (χ0v) is 15.2. The van der Waals surface area contributed by atoms with Crippen LogP contribution in [-0.4, -0.2) is 38.0 Å². The summed E-state index contributed by atoms with van der Waals surface area (Å²) in [4.78, 5) is 15.8. The normalized spacial score (nSPS) is 15.7. The molecule has 0 saturated heterocycles. The summed E-state index contributed by atoms with van der Waals surface area (Å²) >= 11 is 0. The highest BCUT2D eigenvalue weighted by atomic mass is 127. The van der Waals surface area contributed by atoms with Gasteiger partial charge in [0.2, 0.25) is 5.91 Å². The summed E-state index contributed by atoms with van der Waals surface area (Å²) in [6.45, 7) is 6.98. The van der Waals surface area contributed by atoms with Crippen molar-refractivity contribution in [2.45, 2.75) is 39.7 Å². The van der Waals surface area contributed by atoms with Gasteiger partial charge in [0.25, 0.3) is 0 Å². The van der Waals surface area contributed by atoms with Crippen LogP contribution in [0.1, 0.15) is 33.6 Å². The quantitative estimate of drug-likeness (QED) is 0.223. The fourth-order valence-electron chi connectivity index (χ4n) is 1.75. The van der Waals surface area contributed by atoms with E-state index in [0.29, 0.717) is 19.1 Å². The molecule has 3 N–H and O–H groups in total. The lowest BCUT2D eigenvalue weighted by molar-refractivity contribution is -0.128. The third-order valence-corrected chi connectivity index (χ3v) is 2.96. The van der Waals surface area contributed by atoms with E-state index >= 15 is 0 Å². The highest BCUT2D eigenvalue weighted by molar-refractivity contribution is 14.0. The Kier molecular flexibility index (Phi) is 8.84.